The zero-order valence-electron chi connectivity index (χ0n) is 8.45. The number of aliphatic hydroxyl groups is 1. The summed E-state index contributed by atoms with van der Waals surface area (Å²) in [5.74, 6) is 0. The summed E-state index contributed by atoms with van der Waals surface area (Å²) in [6, 6.07) is 0. The lowest BCUT2D eigenvalue weighted by Gasteiger charge is -2.21. The van der Waals surface area contributed by atoms with Gasteiger partial charge in [-0.15, -0.1) is 0 Å². The molecule has 0 radical (unpaired) electrons. The molecule has 0 heterocycles. The lowest BCUT2D eigenvalue weighted by Crippen LogP contribution is -2.38. The van der Waals surface area contributed by atoms with Crippen molar-refractivity contribution >= 4 is 10.0 Å². The quantitative estimate of drug-likeness (QED) is 0.775. The molecule has 92 valence electrons. The van der Waals surface area contributed by atoms with Crippen LogP contribution in [0.15, 0.2) is 0 Å². The van der Waals surface area contributed by atoms with Gasteiger partial charge in [0.1, 0.15) is 0 Å². The van der Waals surface area contributed by atoms with E-state index in [1.807, 2.05) is 0 Å². The van der Waals surface area contributed by atoms with Gasteiger partial charge in [0.05, 0.1) is 18.3 Å². The van der Waals surface area contributed by atoms with Crippen molar-refractivity contribution in [3.05, 3.63) is 0 Å². The van der Waals surface area contributed by atoms with E-state index in [4.69, 9.17) is 5.11 Å². The number of sulfonamides is 1. The van der Waals surface area contributed by atoms with E-state index < -0.39 is 41.0 Å². The van der Waals surface area contributed by atoms with E-state index in [0.717, 1.165) is 7.05 Å². The third-order valence-electron chi connectivity index (χ3n) is 1.91. The molecule has 0 aliphatic heterocycles. The van der Waals surface area contributed by atoms with Gasteiger partial charge in [0.15, 0.2) is 0 Å². The van der Waals surface area contributed by atoms with E-state index in [1.165, 1.54) is 6.92 Å². The predicted molar refractivity (Wildman–Crippen MR) is 48.8 cm³/mol. The number of rotatable bonds is 5. The number of hydrogen-bond donors (Lipinski definition) is 1. The van der Waals surface area contributed by atoms with Gasteiger partial charge in [-0.1, -0.05) is 0 Å². The van der Waals surface area contributed by atoms with E-state index in [1.54, 1.807) is 0 Å². The van der Waals surface area contributed by atoms with E-state index in [2.05, 4.69) is 0 Å². The summed E-state index contributed by atoms with van der Waals surface area (Å²) < 4.78 is 58.8. The highest BCUT2D eigenvalue weighted by Gasteiger charge is 2.31. The zero-order valence-corrected chi connectivity index (χ0v) is 9.27. The molecule has 1 N–H and O–H groups in total. The fourth-order valence-corrected chi connectivity index (χ4v) is 1.96. The average molecular weight is 249 g/mol. The smallest absolute Gasteiger partial charge is 0.390 e. The molecular formula is C7H14F3NO3S. The summed E-state index contributed by atoms with van der Waals surface area (Å²) in [4.78, 5) is 0. The van der Waals surface area contributed by atoms with Crippen LogP contribution in [0, 0.1) is 0 Å². The Morgan fingerprint density at radius 1 is 1.40 bits per heavy atom. The van der Waals surface area contributed by atoms with Gasteiger partial charge >= 0.3 is 6.18 Å². The second-order valence-electron chi connectivity index (χ2n) is 3.22. The van der Waals surface area contributed by atoms with Crippen LogP contribution in [0.5, 0.6) is 0 Å². The van der Waals surface area contributed by atoms with Crippen LogP contribution in [-0.4, -0.2) is 49.5 Å². The first kappa shape index (κ1) is 14.7. The Balaban J connectivity index is 4.40. The van der Waals surface area contributed by atoms with Crippen LogP contribution in [-0.2, 0) is 10.0 Å². The first-order valence-corrected chi connectivity index (χ1v) is 5.74. The Hall–Kier alpha value is -0.340. The van der Waals surface area contributed by atoms with Gasteiger partial charge < -0.3 is 5.11 Å². The summed E-state index contributed by atoms with van der Waals surface area (Å²) >= 11 is 0. The van der Waals surface area contributed by atoms with Crippen molar-refractivity contribution in [1.29, 1.82) is 0 Å². The molecule has 0 aliphatic carbocycles. The van der Waals surface area contributed by atoms with Gasteiger partial charge in [-0.2, -0.15) is 13.2 Å². The van der Waals surface area contributed by atoms with Crippen molar-refractivity contribution in [3.63, 3.8) is 0 Å². The molecule has 8 heteroatoms. The van der Waals surface area contributed by atoms with Gasteiger partial charge in [0.2, 0.25) is 10.0 Å². The molecule has 0 aromatic rings. The standard InChI is InChI=1S/C7H14F3NO3S/c1-6(5-12)15(13,14)11(2)4-3-7(8,9)10/h6,12H,3-5H2,1-2H3. The molecule has 0 rings (SSSR count). The molecule has 0 bridgehead atoms. The van der Waals surface area contributed by atoms with Crippen LogP contribution in [0.3, 0.4) is 0 Å². The van der Waals surface area contributed by atoms with Crippen LogP contribution >= 0.6 is 0 Å². The van der Waals surface area contributed by atoms with Crippen LogP contribution in [0.1, 0.15) is 13.3 Å². The molecule has 1 atom stereocenters. The average Bonchev–Trinajstić information content (AvgIpc) is 2.11. The summed E-state index contributed by atoms with van der Waals surface area (Å²) in [6.45, 7) is -0.00567. The van der Waals surface area contributed by atoms with Gasteiger partial charge in [-0.25, -0.2) is 12.7 Å². The molecule has 0 fully saturated rings. The summed E-state index contributed by atoms with van der Waals surface area (Å²) in [7, 11) is -2.77. The minimum atomic E-state index is -4.38. The lowest BCUT2D eigenvalue weighted by molar-refractivity contribution is -0.135. The Morgan fingerprint density at radius 3 is 2.20 bits per heavy atom. The second-order valence-corrected chi connectivity index (χ2v) is 5.68. The van der Waals surface area contributed by atoms with Crippen molar-refractivity contribution in [2.45, 2.75) is 24.8 Å². The Morgan fingerprint density at radius 2 is 1.87 bits per heavy atom. The van der Waals surface area contributed by atoms with E-state index in [0.29, 0.717) is 4.31 Å². The predicted octanol–water partition coefficient (Wildman–Crippen LogP) is 0.581. The molecule has 0 amide bonds. The number of aliphatic hydroxyl groups excluding tert-OH is 1. The lowest BCUT2D eigenvalue weighted by atomic mass is 10.4. The number of alkyl halides is 3. The number of hydrogen-bond acceptors (Lipinski definition) is 3. The molecule has 0 saturated carbocycles. The first-order chi connectivity index (χ1) is 6.61. The molecule has 15 heavy (non-hydrogen) atoms. The highest BCUT2D eigenvalue weighted by Crippen LogP contribution is 2.20. The monoisotopic (exact) mass is 249 g/mol. The van der Waals surface area contributed by atoms with E-state index in [9.17, 15) is 21.6 Å². The maximum atomic E-state index is 11.8. The fraction of sp³-hybridized carbons (Fsp3) is 1.00. The van der Waals surface area contributed by atoms with Crippen molar-refractivity contribution < 1.29 is 26.7 Å². The van der Waals surface area contributed by atoms with Gasteiger partial charge in [-0.05, 0) is 6.92 Å². The SMILES string of the molecule is CC(CO)S(=O)(=O)N(C)CCC(F)(F)F. The third-order valence-corrected chi connectivity index (χ3v) is 4.13. The molecule has 0 saturated heterocycles. The number of nitrogens with zero attached hydrogens (tertiary/aromatic N) is 1. The Kier molecular flexibility index (Phi) is 5.01. The maximum Gasteiger partial charge on any atom is 0.390 e. The Labute approximate surface area is 86.7 Å². The molecule has 1 unspecified atom stereocenters. The van der Waals surface area contributed by atoms with Crippen LogP contribution in [0.25, 0.3) is 0 Å². The highest BCUT2D eigenvalue weighted by atomic mass is 32.2. The van der Waals surface area contributed by atoms with Gasteiger partial charge in [-0.3, -0.25) is 0 Å². The first-order valence-electron chi connectivity index (χ1n) is 4.24. The topological polar surface area (TPSA) is 57.6 Å². The molecule has 0 aliphatic rings. The largest absolute Gasteiger partial charge is 0.395 e. The third kappa shape index (κ3) is 4.80. The van der Waals surface area contributed by atoms with Crippen LogP contribution in [0.4, 0.5) is 13.2 Å². The minimum absolute atomic E-state index is 0.612. The van der Waals surface area contributed by atoms with Crippen molar-refractivity contribution in [2.75, 3.05) is 20.2 Å². The van der Waals surface area contributed by atoms with Crippen molar-refractivity contribution in [1.82, 2.24) is 4.31 Å². The molecular weight excluding hydrogens is 235 g/mol. The normalized spacial score (nSPS) is 15.7. The van der Waals surface area contributed by atoms with E-state index >= 15 is 0 Å². The minimum Gasteiger partial charge on any atom is -0.395 e. The van der Waals surface area contributed by atoms with Gasteiger partial charge in [0, 0.05) is 13.6 Å². The van der Waals surface area contributed by atoms with Gasteiger partial charge in [0.25, 0.3) is 0 Å². The zero-order chi connectivity index (χ0) is 12.3. The molecule has 4 nitrogen and oxygen atoms in total. The molecule has 0 spiro atoms. The van der Waals surface area contributed by atoms with E-state index in [-0.39, 0.29) is 0 Å². The van der Waals surface area contributed by atoms with Crippen LogP contribution in [0.2, 0.25) is 0 Å². The highest BCUT2D eigenvalue weighted by molar-refractivity contribution is 7.89. The number of halogens is 3. The summed E-state index contributed by atoms with van der Waals surface area (Å²) in [5, 5.41) is 7.53. The fourth-order valence-electron chi connectivity index (χ4n) is 0.813. The summed E-state index contributed by atoms with van der Waals surface area (Å²) in [6.07, 6.45) is -5.58. The maximum absolute atomic E-state index is 11.8. The summed E-state index contributed by atoms with van der Waals surface area (Å²) in [5.41, 5.74) is 0. The second kappa shape index (κ2) is 5.13. The van der Waals surface area contributed by atoms with Crippen LogP contribution < -0.4 is 0 Å². The van der Waals surface area contributed by atoms with Crippen molar-refractivity contribution in [3.8, 4) is 0 Å². The molecule has 0 aromatic carbocycles. The Bertz CT molecular complexity index is 288. The molecule has 0 aromatic heterocycles. The van der Waals surface area contributed by atoms with Crippen molar-refractivity contribution in [2.24, 2.45) is 0 Å².